The smallest absolute Gasteiger partial charge is 0.222 e. The minimum Gasteiger partial charge on any atom is -0.376 e. The summed E-state index contributed by atoms with van der Waals surface area (Å²) in [5.74, 6) is 1.49. The number of aromatic nitrogens is 1. The van der Waals surface area contributed by atoms with Crippen molar-refractivity contribution in [3.8, 4) is 0 Å². The van der Waals surface area contributed by atoms with Gasteiger partial charge < -0.3 is 9.80 Å². The van der Waals surface area contributed by atoms with E-state index in [-0.39, 0.29) is 5.92 Å². The van der Waals surface area contributed by atoms with Gasteiger partial charge in [-0.3, -0.25) is 9.78 Å². The number of hydrogen-bond acceptors (Lipinski definition) is 3. The summed E-state index contributed by atoms with van der Waals surface area (Å²) in [6.45, 7) is 12.1. The fourth-order valence-corrected chi connectivity index (χ4v) is 7.70. The lowest BCUT2D eigenvalue weighted by molar-refractivity contribution is -0.134. The first-order chi connectivity index (χ1) is 17.8. The zero-order chi connectivity index (χ0) is 26.1. The van der Waals surface area contributed by atoms with Crippen molar-refractivity contribution < 1.29 is 4.79 Å². The van der Waals surface area contributed by atoms with Gasteiger partial charge in [-0.05, 0) is 108 Å². The Morgan fingerprint density at radius 1 is 1.05 bits per heavy atom. The second-order valence-corrected chi connectivity index (χ2v) is 12.9. The molecule has 1 aromatic heterocycles. The number of carbonyl (C=O) groups is 1. The summed E-state index contributed by atoms with van der Waals surface area (Å²) in [5.41, 5.74) is 7.51. The van der Waals surface area contributed by atoms with Crippen LogP contribution in [0.3, 0.4) is 0 Å². The molecule has 0 bridgehead atoms. The molecule has 3 heterocycles. The van der Waals surface area contributed by atoms with E-state index in [1.807, 2.05) is 6.20 Å². The number of pyridine rings is 1. The van der Waals surface area contributed by atoms with E-state index in [0.29, 0.717) is 24.2 Å². The fourth-order valence-electron chi connectivity index (χ4n) is 6.49. The van der Waals surface area contributed by atoms with Gasteiger partial charge in [-0.15, -0.1) is 0 Å². The molecule has 196 valence electrons. The van der Waals surface area contributed by atoms with E-state index < -0.39 is 0 Å². The van der Waals surface area contributed by atoms with E-state index in [4.69, 9.17) is 4.98 Å². The van der Waals surface area contributed by atoms with Crippen LogP contribution in [0, 0.1) is 18.8 Å². The number of carbonyl (C=O) groups excluding carboxylic acids is 1. The van der Waals surface area contributed by atoms with Crippen molar-refractivity contribution in [2.24, 2.45) is 11.8 Å². The normalized spacial score (nSPS) is 20.7. The molecule has 2 aromatic rings. The van der Waals surface area contributed by atoms with Gasteiger partial charge >= 0.3 is 0 Å². The van der Waals surface area contributed by atoms with Crippen LogP contribution in [0.1, 0.15) is 72.9 Å². The van der Waals surface area contributed by atoms with Gasteiger partial charge in [0.15, 0.2) is 0 Å². The van der Waals surface area contributed by atoms with Crippen LogP contribution in [0.4, 0.5) is 0 Å². The lowest BCUT2D eigenvalue weighted by Crippen LogP contribution is -2.42. The SMILES string of the molecule is C=C(C)N1CCC(CC(=O)N2CCC(C3c4ncc(Br)cc4C=CCc4cc(C)cc(Br)c43)CC2)CC1. The highest BCUT2D eigenvalue weighted by Gasteiger charge is 2.35. The van der Waals surface area contributed by atoms with Gasteiger partial charge in [0.25, 0.3) is 0 Å². The molecule has 0 N–H and O–H groups in total. The molecule has 4 nitrogen and oxygen atoms in total. The van der Waals surface area contributed by atoms with Crippen LogP contribution in [0.15, 0.2) is 51.7 Å². The molecule has 1 amide bonds. The molecule has 0 spiro atoms. The maximum absolute atomic E-state index is 13.3. The predicted octanol–water partition coefficient (Wildman–Crippen LogP) is 7.49. The predicted molar refractivity (Wildman–Crippen MR) is 158 cm³/mol. The Hall–Kier alpha value is -1.92. The van der Waals surface area contributed by atoms with Crippen LogP contribution in [-0.2, 0) is 11.2 Å². The molecule has 5 rings (SSSR count). The number of hydrogen-bond donors (Lipinski definition) is 0. The number of rotatable bonds is 4. The van der Waals surface area contributed by atoms with E-state index in [1.54, 1.807) is 0 Å². The Morgan fingerprint density at radius 2 is 1.76 bits per heavy atom. The second kappa shape index (κ2) is 11.4. The maximum atomic E-state index is 13.3. The number of likely N-dealkylation sites (tertiary alicyclic amines) is 2. The van der Waals surface area contributed by atoms with Crippen molar-refractivity contribution in [3.05, 3.63) is 79.6 Å². The van der Waals surface area contributed by atoms with Gasteiger partial charge in [0.2, 0.25) is 5.91 Å². The number of aryl methyl sites for hydroxylation is 1. The third-order valence-electron chi connectivity index (χ3n) is 8.50. The average molecular weight is 627 g/mol. The topological polar surface area (TPSA) is 36.4 Å². The standard InChI is InChI=1S/C31H37Br2N3O/c1-20(2)35-11-7-22(8-12-35)17-28(37)36-13-9-23(10-14-36)30-29-24(15-21(3)16-27(29)33)5-4-6-25-18-26(32)19-34-31(25)30/h4,6,15-16,18-19,22-23,30H,1,5,7-14,17H2,2-3H3. The summed E-state index contributed by atoms with van der Waals surface area (Å²) >= 11 is 7.56. The van der Waals surface area contributed by atoms with E-state index in [1.165, 1.54) is 26.7 Å². The van der Waals surface area contributed by atoms with Gasteiger partial charge in [-0.2, -0.15) is 0 Å². The highest BCUT2D eigenvalue weighted by atomic mass is 79.9. The molecular formula is C31H37Br2N3O. The third kappa shape index (κ3) is 5.90. The molecule has 2 fully saturated rings. The van der Waals surface area contributed by atoms with Crippen molar-refractivity contribution in [1.29, 1.82) is 0 Å². The minimum absolute atomic E-state index is 0.210. The summed E-state index contributed by atoms with van der Waals surface area (Å²) in [6.07, 6.45) is 12.2. The van der Waals surface area contributed by atoms with Gasteiger partial charge in [0.1, 0.15) is 0 Å². The Labute approximate surface area is 238 Å². The molecule has 2 aliphatic heterocycles. The lowest BCUT2D eigenvalue weighted by atomic mass is 9.74. The molecular weight excluding hydrogens is 590 g/mol. The summed E-state index contributed by atoms with van der Waals surface area (Å²) in [4.78, 5) is 22.7. The van der Waals surface area contributed by atoms with E-state index >= 15 is 0 Å². The van der Waals surface area contributed by atoms with Crippen LogP contribution >= 0.6 is 31.9 Å². The quantitative estimate of drug-likeness (QED) is 0.353. The van der Waals surface area contributed by atoms with Crippen molar-refractivity contribution >= 4 is 43.8 Å². The van der Waals surface area contributed by atoms with Gasteiger partial charge in [-0.1, -0.05) is 40.7 Å². The number of nitrogens with zero attached hydrogens (tertiary/aromatic N) is 3. The lowest BCUT2D eigenvalue weighted by Gasteiger charge is -2.39. The Bertz CT molecular complexity index is 1210. The average Bonchev–Trinajstić information content (AvgIpc) is 2.86. The molecule has 37 heavy (non-hydrogen) atoms. The summed E-state index contributed by atoms with van der Waals surface area (Å²) in [6, 6.07) is 6.77. The zero-order valence-corrected chi connectivity index (χ0v) is 25.2. The van der Waals surface area contributed by atoms with Crippen LogP contribution in [0.5, 0.6) is 0 Å². The van der Waals surface area contributed by atoms with Crippen molar-refractivity contribution in [1.82, 2.24) is 14.8 Å². The van der Waals surface area contributed by atoms with E-state index in [0.717, 1.165) is 74.1 Å². The minimum atomic E-state index is 0.210. The largest absolute Gasteiger partial charge is 0.376 e. The highest BCUT2D eigenvalue weighted by Crippen LogP contribution is 2.45. The molecule has 1 atom stereocenters. The Balaban J connectivity index is 1.33. The van der Waals surface area contributed by atoms with Crippen LogP contribution in [0.25, 0.3) is 6.08 Å². The molecule has 2 saturated heterocycles. The first kappa shape index (κ1) is 26.7. The van der Waals surface area contributed by atoms with E-state index in [2.05, 4.69) is 92.4 Å². The first-order valence-corrected chi connectivity index (χ1v) is 15.2. The number of halogens is 2. The Morgan fingerprint density at radius 3 is 2.46 bits per heavy atom. The molecule has 1 aromatic carbocycles. The number of allylic oxidation sites excluding steroid dienone is 2. The number of fused-ring (bicyclic) bond motifs is 2. The number of piperidine rings is 2. The fraction of sp³-hybridized carbons (Fsp3) is 0.484. The van der Waals surface area contributed by atoms with Gasteiger partial charge in [-0.25, -0.2) is 0 Å². The summed E-state index contributed by atoms with van der Waals surface area (Å²) in [7, 11) is 0. The van der Waals surface area contributed by atoms with Gasteiger partial charge in [0, 0.05) is 59.4 Å². The highest BCUT2D eigenvalue weighted by molar-refractivity contribution is 9.10. The van der Waals surface area contributed by atoms with E-state index in [9.17, 15) is 4.79 Å². The van der Waals surface area contributed by atoms with Crippen molar-refractivity contribution in [3.63, 3.8) is 0 Å². The first-order valence-electron chi connectivity index (χ1n) is 13.6. The monoisotopic (exact) mass is 625 g/mol. The van der Waals surface area contributed by atoms with Crippen molar-refractivity contribution in [2.75, 3.05) is 26.2 Å². The van der Waals surface area contributed by atoms with Crippen LogP contribution in [-0.4, -0.2) is 46.9 Å². The summed E-state index contributed by atoms with van der Waals surface area (Å²) < 4.78 is 2.19. The maximum Gasteiger partial charge on any atom is 0.222 e. The molecule has 3 aliphatic rings. The third-order valence-corrected chi connectivity index (χ3v) is 9.59. The summed E-state index contributed by atoms with van der Waals surface area (Å²) in [5, 5.41) is 0. The van der Waals surface area contributed by atoms with Crippen molar-refractivity contribution in [2.45, 2.75) is 58.3 Å². The number of amides is 1. The van der Waals surface area contributed by atoms with Crippen LogP contribution < -0.4 is 0 Å². The van der Waals surface area contributed by atoms with Gasteiger partial charge in [0.05, 0.1) is 5.69 Å². The number of benzene rings is 1. The van der Waals surface area contributed by atoms with Crippen LogP contribution in [0.2, 0.25) is 0 Å². The second-order valence-electron chi connectivity index (χ2n) is 11.1. The molecule has 0 radical (unpaired) electrons. The molecule has 1 unspecified atom stereocenters. The zero-order valence-electron chi connectivity index (χ0n) is 22.0. The Kier molecular flexibility index (Phi) is 8.25. The molecule has 6 heteroatoms. The molecule has 0 saturated carbocycles. The molecule has 1 aliphatic carbocycles.